The Bertz CT molecular complexity index is 1280. The van der Waals surface area contributed by atoms with Crippen molar-refractivity contribution in [2.75, 3.05) is 18.6 Å². The lowest BCUT2D eigenvalue weighted by Crippen LogP contribution is -2.26. The number of nitrogens with zero attached hydrogens (tertiary/aromatic N) is 5. The minimum atomic E-state index is -2.99. The third-order valence-corrected chi connectivity index (χ3v) is 9.01. The van der Waals surface area contributed by atoms with E-state index < -0.39 is 9.84 Å². The second-order valence-corrected chi connectivity index (χ2v) is 12.6. The summed E-state index contributed by atoms with van der Waals surface area (Å²) < 4.78 is 27.7. The summed E-state index contributed by atoms with van der Waals surface area (Å²) in [6.07, 6.45) is 0.590. The maximum Gasteiger partial charge on any atom is 0.264 e. The average molecular weight is 478 g/mol. The molecule has 1 amide bonds. The molecule has 0 N–H and O–H groups in total. The van der Waals surface area contributed by atoms with E-state index in [0.29, 0.717) is 23.8 Å². The van der Waals surface area contributed by atoms with Gasteiger partial charge in [-0.25, -0.2) is 8.42 Å². The second kappa shape index (κ2) is 8.30. The van der Waals surface area contributed by atoms with Gasteiger partial charge in [0.25, 0.3) is 5.91 Å². The van der Waals surface area contributed by atoms with Crippen LogP contribution in [0.15, 0.2) is 6.07 Å². The maximum absolute atomic E-state index is 13.2. The number of rotatable bonds is 6. The molecular formula is C22H31N5O3S2. The molecule has 3 aromatic heterocycles. The molecule has 1 atom stereocenters. The topological polar surface area (TPSA) is 90.1 Å². The molecule has 0 saturated carbocycles. The van der Waals surface area contributed by atoms with Gasteiger partial charge in [0.2, 0.25) is 0 Å². The monoisotopic (exact) mass is 477 g/mol. The van der Waals surface area contributed by atoms with E-state index in [1.54, 1.807) is 11.9 Å². The lowest BCUT2D eigenvalue weighted by atomic mass is 10.1. The van der Waals surface area contributed by atoms with Crippen molar-refractivity contribution in [2.45, 2.75) is 60.2 Å². The highest BCUT2D eigenvalue weighted by atomic mass is 32.2. The van der Waals surface area contributed by atoms with Crippen molar-refractivity contribution in [3.8, 4) is 0 Å². The van der Waals surface area contributed by atoms with Crippen molar-refractivity contribution in [2.24, 2.45) is 5.92 Å². The van der Waals surface area contributed by atoms with Crippen molar-refractivity contribution >= 4 is 37.3 Å². The van der Waals surface area contributed by atoms with E-state index >= 15 is 0 Å². The third-order valence-electron chi connectivity index (χ3n) is 6.13. The first-order valence-corrected chi connectivity index (χ1v) is 13.6. The summed E-state index contributed by atoms with van der Waals surface area (Å²) in [7, 11) is -1.19. The Morgan fingerprint density at radius 2 is 1.97 bits per heavy atom. The van der Waals surface area contributed by atoms with Gasteiger partial charge in [0.05, 0.1) is 33.8 Å². The molecule has 174 valence electrons. The molecular weight excluding hydrogens is 446 g/mol. The van der Waals surface area contributed by atoms with Gasteiger partial charge >= 0.3 is 0 Å². The molecule has 1 fully saturated rings. The van der Waals surface area contributed by atoms with Crippen LogP contribution < -0.4 is 0 Å². The predicted molar refractivity (Wildman–Crippen MR) is 127 cm³/mol. The maximum atomic E-state index is 13.2. The molecule has 0 spiro atoms. The molecule has 1 saturated heterocycles. The SMILES string of the molecule is Cc1nn([C@H]2CCS(=O)(=O)C2)c(C)c1CN(C)C(=O)c1cc2c(C)nn(CC(C)C)c2s1. The Hall–Kier alpha value is -2.20. The standard InChI is InChI=1S/C22H31N5O3S2/c1-13(2)10-26-22-18(14(3)23-26)9-20(31-22)21(28)25(6)11-19-15(4)24-27(16(19)5)17-7-8-32(29,30)12-17/h9,13,17H,7-8,10-12H2,1-6H3/t17-/m0/s1. The Kier molecular flexibility index (Phi) is 5.96. The number of fused-ring (bicyclic) bond motifs is 1. The highest BCUT2D eigenvalue weighted by molar-refractivity contribution is 7.91. The first-order chi connectivity index (χ1) is 15.0. The fraction of sp³-hybridized carbons (Fsp3) is 0.591. The van der Waals surface area contributed by atoms with E-state index in [1.807, 2.05) is 36.2 Å². The van der Waals surface area contributed by atoms with Gasteiger partial charge in [0, 0.05) is 36.8 Å². The fourth-order valence-corrected chi connectivity index (χ4v) is 7.29. The van der Waals surface area contributed by atoms with Crippen LogP contribution in [0, 0.1) is 26.7 Å². The highest BCUT2D eigenvalue weighted by Crippen LogP contribution is 2.31. The number of carbonyl (C=O) groups is 1. The Balaban J connectivity index is 1.56. The normalized spacial score (nSPS) is 18.2. The molecule has 0 unspecified atom stereocenters. The lowest BCUT2D eigenvalue weighted by Gasteiger charge is -2.17. The quantitative estimate of drug-likeness (QED) is 0.542. The van der Waals surface area contributed by atoms with Crippen LogP contribution in [-0.4, -0.2) is 57.3 Å². The molecule has 4 heterocycles. The van der Waals surface area contributed by atoms with E-state index in [1.165, 1.54) is 11.3 Å². The van der Waals surface area contributed by atoms with Gasteiger partial charge in [0.15, 0.2) is 9.84 Å². The van der Waals surface area contributed by atoms with Crippen LogP contribution in [0.3, 0.4) is 0 Å². The average Bonchev–Trinajstić information content (AvgIpc) is 3.42. The van der Waals surface area contributed by atoms with Gasteiger partial charge in [-0.15, -0.1) is 11.3 Å². The minimum absolute atomic E-state index is 0.0308. The first kappa shape index (κ1) is 23.0. The van der Waals surface area contributed by atoms with E-state index in [-0.39, 0.29) is 23.5 Å². The van der Waals surface area contributed by atoms with Crippen LogP contribution in [0.1, 0.15) is 58.6 Å². The number of thiophene rings is 1. The lowest BCUT2D eigenvalue weighted by molar-refractivity contribution is 0.0789. The molecule has 0 aromatic carbocycles. The van der Waals surface area contributed by atoms with Crippen LogP contribution in [0.4, 0.5) is 0 Å². The number of amides is 1. The van der Waals surface area contributed by atoms with E-state index in [9.17, 15) is 13.2 Å². The number of sulfone groups is 1. The van der Waals surface area contributed by atoms with E-state index in [4.69, 9.17) is 0 Å². The second-order valence-electron chi connectivity index (χ2n) is 9.30. The number of hydrogen-bond acceptors (Lipinski definition) is 6. The molecule has 1 aliphatic heterocycles. The summed E-state index contributed by atoms with van der Waals surface area (Å²) in [6, 6.07) is 1.83. The smallest absolute Gasteiger partial charge is 0.264 e. The van der Waals surface area contributed by atoms with Gasteiger partial charge in [-0.3, -0.25) is 14.2 Å². The van der Waals surface area contributed by atoms with Gasteiger partial charge in [-0.2, -0.15) is 10.2 Å². The number of hydrogen-bond donors (Lipinski definition) is 0. The van der Waals surface area contributed by atoms with Crippen LogP contribution >= 0.6 is 11.3 Å². The molecule has 8 nitrogen and oxygen atoms in total. The van der Waals surface area contributed by atoms with Crippen LogP contribution in [0.2, 0.25) is 0 Å². The number of carbonyl (C=O) groups excluding carboxylic acids is 1. The Morgan fingerprint density at radius 3 is 2.59 bits per heavy atom. The zero-order chi connectivity index (χ0) is 23.4. The van der Waals surface area contributed by atoms with Crippen LogP contribution in [-0.2, 0) is 22.9 Å². The number of aromatic nitrogens is 4. The van der Waals surface area contributed by atoms with Gasteiger partial charge in [-0.1, -0.05) is 13.8 Å². The fourth-order valence-electron chi connectivity index (χ4n) is 4.43. The summed E-state index contributed by atoms with van der Waals surface area (Å²) in [4.78, 5) is 16.7. The zero-order valence-corrected chi connectivity index (χ0v) is 21.2. The minimum Gasteiger partial charge on any atom is -0.337 e. The van der Waals surface area contributed by atoms with Gasteiger partial charge in [0.1, 0.15) is 4.83 Å². The molecule has 32 heavy (non-hydrogen) atoms. The summed E-state index contributed by atoms with van der Waals surface area (Å²) in [5.41, 5.74) is 3.70. The predicted octanol–water partition coefficient (Wildman–Crippen LogP) is 3.51. The van der Waals surface area contributed by atoms with Crippen molar-refractivity contribution in [3.63, 3.8) is 0 Å². The first-order valence-electron chi connectivity index (χ1n) is 10.9. The molecule has 10 heteroatoms. The Morgan fingerprint density at radius 1 is 1.25 bits per heavy atom. The van der Waals surface area contributed by atoms with Gasteiger partial charge in [-0.05, 0) is 39.2 Å². The molecule has 1 aliphatic rings. The van der Waals surface area contributed by atoms with Crippen molar-refractivity contribution in [1.82, 2.24) is 24.5 Å². The zero-order valence-electron chi connectivity index (χ0n) is 19.5. The van der Waals surface area contributed by atoms with Crippen LogP contribution in [0.5, 0.6) is 0 Å². The Labute approximate surface area is 193 Å². The van der Waals surface area contributed by atoms with Crippen molar-refractivity contribution < 1.29 is 13.2 Å². The molecule has 0 radical (unpaired) electrons. The summed E-state index contributed by atoms with van der Waals surface area (Å²) in [6.45, 7) is 11.4. The van der Waals surface area contributed by atoms with E-state index in [0.717, 1.165) is 39.4 Å². The molecule has 3 aromatic rings. The van der Waals surface area contributed by atoms with E-state index in [2.05, 4.69) is 24.0 Å². The number of aryl methyl sites for hydroxylation is 2. The molecule has 0 bridgehead atoms. The van der Waals surface area contributed by atoms with Crippen molar-refractivity contribution in [1.29, 1.82) is 0 Å². The summed E-state index contributed by atoms with van der Waals surface area (Å²) in [5.74, 6) is 0.788. The highest BCUT2D eigenvalue weighted by Gasteiger charge is 2.32. The molecule has 4 rings (SSSR count). The largest absolute Gasteiger partial charge is 0.337 e. The summed E-state index contributed by atoms with van der Waals surface area (Å²) >= 11 is 1.49. The van der Waals surface area contributed by atoms with Gasteiger partial charge < -0.3 is 4.90 Å². The third kappa shape index (κ3) is 4.22. The van der Waals surface area contributed by atoms with Crippen LogP contribution in [0.25, 0.3) is 10.2 Å². The van der Waals surface area contributed by atoms with Crippen molar-refractivity contribution in [3.05, 3.63) is 33.6 Å². The summed E-state index contributed by atoms with van der Waals surface area (Å²) in [5, 5.41) is 10.3. The molecule has 0 aliphatic carbocycles.